The number of benzene rings is 2. The van der Waals surface area contributed by atoms with Crippen LogP contribution in [0, 0.1) is 17.0 Å². The van der Waals surface area contributed by atoms with E-state index in [9.17, 15) is 10.1 Å². The fraction of sp³-hybridized carbons (Fsp3) is 0.250. The number of nitrogens with zero attached hydrogens (tertiary/aromatic N) is 1. The van der Waals surface area contributed by atoms with Crippen molar-refractivity contribution < 1.29 is 9.66 Å². The summed E-state index contributed by atoms with van der Waals surface area (Å²) in [6.45, 7) is 2.90. The summed E-state index contributed by atoms with van der Waals surface area (Å²) in [6.07, 6.45) is 0. The minimum absolute atomic E-state index is 0.0114. The zero-order chi connectivity index (χ0) is 14.8. The highest BCUT2D eigenvalue weighted by Gasteiger charge is 2.21. The molecule has 2 aromatic carbocycles. The van der Waals surface area contributed by atoms with Gasteiger partial charge in [-0.15, -0.1) is 0 Å². The molecule has 0 amide bonds. The van der Waals surface area contributed by atoms with Crippen LogP contribution in [0.15, 0.2) is 42.5 Å². The van der Waals surface area contributed by atoms with Gasteiger partial charge >= 0.3 is 0 Å². The van der Waals surface area contributed by atoms with Crippen molar-refractivity contribution in [2.45, 2.75) is 19.6 Å². The molecule has 0 fully saturated rings. The minimum atomic E-state index is -0.355. The van der Waals surface area contributed by atoms with E-state index in [1.165, 1.54) is 5.56 Å². The molecule has 0 saturated carbocycles. The van der Waals surface area contributed by atoms with E-state index in [1.54, 1.807) is 19.1 Å². The number of hydrogen-bond acceptors (Lipinski definition) is 4. The van der Waals surface area contributed by atoms with Crippen molar-refractivity contribution in [2.75, 3.05) is 11.9 Å². The predicted octanol–water partition coefficient (Wildman–Crippen LogP) is 3.59. The first-order valence-electron chi connectivity index (χ1n) is 6.82. The van der Waals surface area contributed by atoms with Gasteiger partial charge in [0.2, 0.25) is 0 Å². The highest BCUT2D eigenvalue weighted by atomic mass is 16.6. The van der Waals surface area contributed by atoms with E-state index in [-0.39, 0.29) is 16.7 Å². The molecule has 0 saturated heterocycles. The zero-order valence-corrected chi connectivity index (χ0v) is 11.7. The van der Waals surface area contributed by atoms with Crippen LogP contribution in [0.4, 0.5) is 11.4 Å². The van der Waals surface area contributed by atoms with E-state index in [1.807, 2.05) is 24.3 Å². The quantitative estimate of drug-likeness (QED) is 0.691. The molecule has 21 heavy (non-hydrogen) atoms. The van der Waals surface area contributed by atoms with Crippen molar-refractivity contribution in [2.24, 2.45) is 0 Å². The van der Waals surface area contributed by atoms with Crippen LogP contribution in [-0.4, -0.2) is 11.5 Å². The summed E-state index contributed by atoms with van der Waals surface area (Å²) in [5.41, 5.74) is 3.86. The van der Waals surface area contributed by atoms with E-state index in [0.29, 0.717) is 18.8 Å². The smallest absolute Gasteiger partial charge is 0.274 e. The first-order valence-corrected chi connectivity index (χ1v) is 6.82. The molecule has 1 aliphatic heterocycles. The Morgan fingerprint density at radius 1 is 1.29 bits per heavy atom. The molecule has 5 heteroatoms. The van der Waals surface area contributed by atoms with E-state index < -0.39 is 0 Å². The number of fused-ring (bicyclic) bond motifs is 1. The van der Waals surface area contributed by atoms with Gasteiger partial charge in [-0.2, -0.15) is 0 Å². The Morgan fingerprint density at radius 3 is 2.90 bits per heavy atom. The lowest BCUT2D eigenvalue weighted by atomic mass is 9.99. The number of nitrogens with one attached hydrogen (secondary N) is 1. The Bertz CT molecular complexity index is 685. The molecule has 0 aliphatic carbocycles. The standard InChI is InChI=1S/C16H16N2O3/c1-11-6-7-13(8-16(11)18(19)20)17-15-10-21-9-12-4-2-3-5-14(12)15/h2-8,15,17H,9-10H2,1H3. The lowest BCUT2D eigenvalue weighted by Crippen LogP contribution is -2.23. The third-order valence-corrected chi connectivity index (χ3v) is 3.72. The van der Waals surface area contributed by atoms with Gasteiger partial charge in [0.05, 0.1) is 24.2 Å². The fourth-order valence-electron chi connectivity index (χ4n) is 2.60. The summed E-state index contributed by atoms with van der Waals surface area (Å²) in [7, 11) is 0. The third-order valence-electron chi connectivity index (χ3n) is 3.72. The molecule has 5 nitrogen and oxygen atoms in total. The lowest BCUT2D eigenvalue weighted by Gasteiger charge is -2.27. The molecule has 0 aromatic heterocycles. The number of rotatable bonds is 3. The first-order chi connectivity index (χ1) is 10.1. The Labute approximate surface area is 122 Å². The number of aryl methyl sites for hydroxylation is 1. The summed E-state index contributed by atoms with van der Waals surface area (Å²) in [5.74, 6) is 0. The fourth-order valence-corrected chi connectivity index (χ4v) is 2.60. The number of nitro benzene ring substituents is 1. The van der Waals surface area contributed by atoms with Gasteiger partial charge in [0, 0.05) is 17.3 Å². The average Bonchev–Trinajstić information content (AvgIpc) is 2.49. The second-order valence-electron chi connectivity index (χ2n) is 5.17. The predicted molar refractivity (Wildman–Crippen MR) is 80.3 cm³/mol. The first kappa shape index (κ1) is 13.6. The van der Waals surface area contributed by atoms with Gasteiger partial charge in [0.1, 0.15) is 0 Å². The second-order valence-corrected chi connectivity index (χ2v) is 5.17. The molecule has 0 radical (unpaired) electrons. The van der Waals surface area contributed by atoms with E-state index in [4.69, 9.17) is 4.74 Å². The number of ether oxygens (including phenoxy) is 1. The lowest BCUT2D eigenvalue weighted by molar-refractivity contribution is -0.385. The Morgan fingerprint density at radius 2 is 2.10 bits per heavy atom. The van der Waals surface area contributed by atoms with Crippen LogP contribution in [0.3, 0.4) is 0 Å². The van der Waals surface area contributed by atoms with Gasteiger partial charge in [-0.05, 0) is 24.1 Å². The van der Waals surface area contributed by atoms with E-state index >= 15 is 0 Å². The highest BCUT2D eigenvalue weighted by Crippen LogP contribution is 2.30. The molecule has 1 heterocycles. The SMILES string of the molecule is Cc1ccc(NC2COCc3ccccc32)cc1[N+](=O)[O-]. The zero-order valence-electron chi connectivity index (χ0n) is 11.7. The maximum Gasteiger partial charge on any atom is 0.274 e. The molecular formula is C16H16N2O3. The van der Waals surface area contributed by atoms with Crippen LogP contribution < -0.4 is 5.32 Å². The molecule has 0 spiro atoms. The monoisotopic (exact) mass is 284 g/mol. The summed E-state index contributed by atoms with van der Waals surface area (Å²) < 4.78 is 5.59. The highest BCUT2D eigenvalue weighted by molar-refractivity contribution is 5.56. The van der Waals surface area contributed by atoms with Crippen molar-refractivity contribution in [3.8, 4) is 0 Å². The number of nitro groups is 1. The third kappa shape index (κ3) is 2.73. The largest absolute Gasteiger partial charge is 0.376 e. The van der Waals surface area contributed by atoms with Crippen LogP contribution in [0.25, 0.3) is 0 Å². The molecule has 1 unspecified atom stereocenters. The van der Waals surface area contributed by atoms with Crippen molar-refractivity contribution in [1.82, 2.24) is 0 Å². The van der Waals surface area contributed by atoms with E-state index in [2.05, 4.69) is 11.4 Å². The maximum absolute atomic E-state index is 11.0. The molecule has 108 valence electrons. The van der Waals surface area contributed by atoms with Crippen LogP contribution >= 0.6 is 0 Å². The molecule has 0 bridgehead atoms. The summed E-state index contributed by atoms with van der Waals surface area (Å²) in [6, 6.07) is 13.3. The molecule has 1 atom stereocenters. The second kappa shape index (κ2) is 5.54. The van der Waals surface area contributed by atoms with Gasteiger partial charge in [0.25, 0.3) is 5.69 Å². The normalized spacial score (nSPS) is 17.1. The van der Waals surface area contributed by atoms with Gasteiger partial charge < -0.3 is 10.1 Å². The Kier molecular flexibility index (Phi) is 3.58. The Balaban J connectivity index is 1.88. The summed E-state index contributed by atoms with van der Waals surface area (Å²) in [4.78, 5) is 10.7. The minimum Gasteiger partial charge on any atom is -0.376 e. The molecular weight excluding hydrogens is 268 g/mol. The topological polar surface area (TPSA) is 64.4 Å². The van der Waals surface area contributed by atoms with Gasteiger partial charge in [-0.25, -0.2) is 0 Å². The van der Waals surface area contributed by atoms with Crippen molar-refractivity contribution in [3.63, 3.8) is 0 Å². The van der Waals surface area contributed by atoms with Crippen LogP contribution in [0.1, 0.15) is 22.7 Å². The number of hydrogen-bond donors (Lipinski definition) is 1. The Hall–Kier alpha value is -2.40. The average molecular weight is 284 g/mol. The molecule has 1 aliphatic rings. The van der Waals surface area contributed by atoms with Crippen LogP contribution in [0.2, 0.25) is 0 Å². The van der Waals surface area contributed by atoms with Crippen LogP contribution in [0.5, 0.6) is 0 Å². The maximum atomic E-state index is 11.0. The van der Waals surface area contributed by atoms with Crippen LogP contribution in [-0.2, 0) is 11.3 Å². The molecule has 3 rings (SSSR count). The number of anilines is 1. The molecule has 1 N–H and O–H groups in total. The van der Waals surface area contributed by atoms with Crippen molar-refractivity contribution in [1.29, 1.82) is 0 Å². The molecule has 2 aromatic rings. The van der Waals surface area contributed by atoms with Crippen molar-refractivity contribution in [3.05, 3.63) is 69.3 Å². The van der Waals surface area contributed by atoms with E-state index in [0.717, 1.165) is 11.3 Å². The summed E-state index contributed by atoms with van der Waals surface area (Å²) >= 11 is 0. The van der Waals surface area contributed by atoms with Crippen molar-refractivity contribution >= 4 is 11.4 Å². The summed E-state index contributed by atoms with van der Waals surface area (Å²) in [5, 5.41) is 14.3. The van der Waals surface area contributed by atoms with Gasteiger partial charge in [-0.1, -0.05) is 30.3 Å². The van der Waals surface area contributed by atoms with Gasteiger partial charge in [-0.3, -0.25) is 10.1 Å². The van der Waals surface area contributed by atoms with Gasteiger partial charge in [0.15, 0.2) is 0 Å².